The second-order valence-corrected chi connectivity index (χ2v) is 3.78. The van der Waals surface area contributed by atoms with E-state index >= 15 is 0 Å². The van der Waals surface area contributed by atoms with Crippen LogP contribution in [0.1, 0.15) is 12.6 Å². The second-order valence-electron chi connectivity index (χ2n) is 3.78. The van der Waals surface area contributed by atoms with Crippen LogP contribution in [-0.2, 0) is 6.54 Å². The highest BCUT2D eigenvalue weighted by Crippen LogP contribution is 2.22. The van der Waals surface area contributed by atoms with Gasteiger partial charge in [-0.15, -0.1) is 0 Å². The Hall–Kier alpha value is -2.84. The summed E-state index contributed by atoms with van der Waals surface area (Å²) in [4.78, 5) is 18.4. The fourth-order valence-electron chi connectivity index (χ4n) is 1.48. The molecule has 0 amide bonds. The summed E-state index contributed by atoms with van der Waals surface area (Å²) in [5.41, 5.74) is 0.473. The highest BCUT2D eigenvalue weighted by Gasteiger charge is 2.17. The van der Waals surface area contributed by atoms with Crippen molar-refractivity contribution in [2.75, 3.05) is 17.2 Å². The van der Waals surface area contributed by atoms with E-state index in [1.165, 1.54) is 6.20 Å². The molecule has 0 unspecified atom stereocenters. The van der Waals surface area contributed by atoms with Crippen LogP contribution in [0.5, 0.6) is 0 Å². The molecule has 0 bridgehead atoms. The molecule has 0 aromatic carbocycles. The van der Waals surface area contributed by atoms with Gasteiger partial charge in [-0.05, 0) is 19.1 Å². The highest BCUT2D eigenvalue weighted by atomic mass is 16.6. The van der Waals surface area contributed by atoms with Gasteiger partial charge in [0.15, 0.2) is 0 Å². The Balaban J connectivity index is 2.19. The van der Waals surface area contributed by atoms with E-state index in [1.807, 2.05) is 6.92 Å². The predicted molar refractivity (Wildman–Crippen MR) is 72.2 cm³/mol. The first-order valence-corrected chi connectivity index (χ1v) is 5.96. The topological polar surface area (TPSA) is 119 Å². The zero-order valence-corrected chi connectivity index (χ0v) is 10.8. The Labute approximate surface area is 114 Å². The summed E-state index contributed by atoms with van der Waals surface area (Å²) in [6.07, 6.45) is 2.73. The normalized spacial score (nSPS) is 10.1. The Morgan fingerprint density at radius 2 is 2.25 bits per heavy atom. The fraction of sp³-hybridized carbons (Fsp3) is 0.273. The van der Waals surface area contributed by atoms with Crippen LogP contribution in [0.3, 0.4) is 0 Å². The minimum Gasteiger partial charge on any atom is -0.358 e. The van der Waals surface area contributed by atoms with Gasteiger partial charge >= 0.3 is 5.69 Å². The van der Waals surface area contributed by atoms with E-state index in [-0.39, 0.29) is 18.1 Å². The van der Waals surface area contributed by atoms with E-state index in [4.69, 9.17) is 0 Å². The van der Waals surface area contributed by atoms with Crippen molar-refractivity contribution >= 4 is 17.5 Å². The molecule has 2 rings (SSSR count). The van der Waals surface area contributed by atoms with Crippen LogP contribution in [0.2, 0.25) is 0 Å². The first kappa shape index (κ1) is 13.6. The third-order valence-electron chi connectivity index (χ3n) is 2.37. The van der Waals surface area contributed by atoms with Crippen LogP contribution >= 0.6 is 0 Å². The summed E-state index contributed by atoms with van der Waals surface area (Å²) in [6.45, 7) is 2.80. The van der Waals surface area contributed by atoms with Gasteiger partial charge in [0.1, 0.15) is 6.20 Å². The quantitative estimate of drug-likeness (QED) is 0.596. The van der Waals surface area contributed by atoms with Crippen LogP contribution in [0.25, 0.3) is 0 Å². The number of hydrogen-bond donors (Lipinski definition) is 2. The molecule has 2 aromatic heterocycles. The van der Waals surface area contributed by atoms with E-state index in [0.717, 1.165) is 0 Å². The molecule has 0 spiro atoms. The van der Waals surface area contributed by atoms with Crippen LogP contribution in [0.15, 0.2) is 24.5 Å². The number of nitrogens with one attached hydrogen (secondary N) is 2. The summed E-state index contributed by atoms with van der Waals surface area (Å²) in [5.74, 6) is 0.478. The van der Waals surface area contributed by atoms with Crippen LogP contribution in [-0.4, -0.2) is 31.6 Å². The predicted octanol–water partition coefficient (Wildman–Crippen LogP) is 1.22. The number of nitrogens with zero attached hydrogens (tertiary/aromatic N) is 5. The first-order chi connectivity index (χ1) is 9.70. The minimum absolute atomic E-state index is 0.145. The van der Waals surface area contributed by atoms with Crippen molar-refractivity contribution in [2.24, 2.45) is 0 Å². The number of anilines is 2. The molecule has 9 heteroatoms. The Morgan fingerprint density at radius 1 is 1.40 bits per heavy atom. The summed E-state index contributed by atoms with van der Waals surface area (Å²) in [6, 6.07) is 3.50. The van der Waals surface area contributed by atoms with Gasteiger partial charge in [0.2, 0.25) is 11.8 Å². The molecule has 0 saturated carbocycles. The molecule has 0 saturated heterocycles. The number of nitro groups is 1. The molecule has 2 N–H and O–H groups in total. The summed E-state index contributed by atoms with van der Waals surface area (Å²) in [7, 11) is 0. The lowest BCUT2D eigenvalue weighted by atomic mass is 10.4. The second kappa shape index (κ2) is 6.36. The van der Waals surface area contributed by atoms with Gasteiger partial charge in [0.05, 0.1) is 17.2 Å². The third-order valence-corrected chi connectivity index (χ3v) is 2.37. The molecule has 0 aliphatic rings. The van der Waals surface area contributed by atoms with E-state index in [2.05, 4.69) is 30.8 Å². The molecule has 2 heterocycles. The van der Waals surface area contributed by atoms with Gasteiger partial charge in [-0.2, -0.15) is 15.2 Å². The Kier molecular flexibility index (Phi) is 4.32. The largest absolute Gasteiger partial charge is 0.358 e. The van der Waals surface area contributed by atoms with Gasteiger partial charge in [-0.1, -0.05) is 0 Å². The van der Waals surface area contributed by atoms with Crippen LogP contribution < -0.4 is 10.6 Å². The minimum atomic E-state index is -0.533. The van der Waals surface area contributed by atoms with Crippen molar-refractivity contribution in [2.45, 2.75) is 13.5 Å². The number of hydrogen-bond acceptors (Lipinski definition) is 8. The molecule has 104 valence electrons. The Bertz CT molecular complexity index is 591. The van der Waals surface area contributed by atoms with Gasteiger partial charge in [-0.25, -0.2) is 4.98 Å². The molecular formula is C11H13N7O2. The van der Waals surface area contributed by atoms with Gasteiger partial charge in [0, 0.05) is 12.7 Å². The Morgan fingerprint density at radius 3 is 2.90 bits per heavy atom. The zero-order chi connectivity index (χ0) is 14.4. The maximum absolute atomic E-state index is 10.9. The standard InChI is InChI=1S/C11H13N7O2/c1-2-12-11-14-7-9(18(19)20)10(16-11)13-6-8-4-3-5-15-17-8/h3-5,7H,2,6H2,1H3,(H2,12,13,14,16). The van der Waals surface area contributed by atoms with E-state index in [9.17, 15) is 10.1 Å². The van der Waals surface area contributed by atoms with Gasteiger partial charge in [-0.3, -0.25) is 10.1 Å². The lowest BCUT2D eigenvalue weighted by Crippen LogP contribution is -2.09. The van der Waals surface area contributed by atoms with Crippen molar-refractivity contribution in [3.05, 3.63) is 40.3 Å². The lowest BCUT2D eigenvalue weighted by molar-refractivity contribution is -0.384. The van der Waals surface area contributed by atoms with Gasteiger partial charge < -0.3 is 10.6 Å². The summed E-state index contributed by atoms with van der Waals surface area (Å²) < 4.78 is 0. The van der Waals surface area contributed by atoms with Crippen molar-refractivity contribution in [3.63, 3.8) is 0 Å². The van der Waals surface area contributed by atoms with Crippen molar-refractivity contribution in [1.29, 1.82) is 0 Å². The van der Waals surface area contributed by atoms with E-state index in [1.54, 1.807) is 18.3 Å². The molecule has 9 nitrogen and oxygen atoms in total. The van der Waals surface area contributed by atoms with Crippen molar-refractivity contribution in [1.82, 2.24) is 20.2 Å². The van der Waals surface area contributed by atoms with E-state index in [0.29, 0.717) is 18.2 Å². The molecule has 2 aromatic rings. The first-order valence-electron chi connectivity index (χ1n) is 5.96. The molecule has 20 heavy (non-hydrogen) atoms. The zero-order valence-electron chi connectivity index (χ0n) is 10.8. The summed E-state index contributed by atoms with van der Waals surface area (Å²) >= 11 is 0. The molecular weight excluding hydrogens is 262 g/mol. The van der Waals surface area contributed by atoms with Crippen LogP contribution in [0, 0.1) is 10.1 Å². The van der Waals surface area contributed by atoms with E-state index < -0.39 is 4.92 Å². The van der Waals surface area contributed by atoms with Crippen LogP contribution in [0.4, 0.5) is 17.5 Å². The average Bonchev–Trinajstić information content (AvgIpc) is 2.46. The molecule has 0 aliphatic carbocycles. The molecule has 0 aliphatic heterocycles. The van der Waals surface area contributed by atoms with Crippen molar-refractivity contribution in [3.8, 4) is 0 Å². The average molecular weight is 275 g/mol. The smallest absolute Gasteiger partial charge is 0.329 e. The maximum Gasteiger partial charge on any atom is 0.329 e. The molecule has 0 fully saturated rings. The number of aromatic nitrogens is 4. The fourth-order valence-corrected chi connectivity index (χ4v) is 1.48. The lowest BCUT2D eigenvalue weighted by Gasteiger charge is -2.07. The highest BCUT2D eigenvalue weighted by molar-refractivity contribution is 5.56. The van der Waals surface area contributed by atoms with Gasteiger partial charge in [0.25, 0.3) is 0 Å². The maximum atomic E-state index is 10.9. The monoisotopic (exact) mass is 275 g/mol. The van der Waals surface area contributed by atoms with Crippen molar-refractivity contribution < 1.29 is 4.92 Å². The molecule has 0 radical (unpaired) electrons. The SMILES string of the molecule is CCNc1ncc([N+](=O)[O-])c(NCc2cccnn2)n1. The number of rotatable bonds is 6. The summed E-state index contributed by atoms with van der Waals surface area (Å²) in [5, 5.41) is 24.3. The molecule has 0 atom stereocenters. The third kappa shape index (κ3) is 3.34.